The SMILES string of the molecule is CCCCC#C[B-](OC)(OC)OC.[Li+]. The van der Waals surface area contributed by atoms with Gasteiger partial charge in [-0.15, -0.1) is 5.92 Å². The molecular weight excluding hydrogens is 174 g/mol. The summed E-state index contributed by atoms with van der Waals surface area (Å²) in [4.78, 5) is 0. The van der Waals surface area contributed by atoms with E-state index in [0.717, 1.165) is 19.3 Å². The molecule has 0 fully saturated rings. The Labute approximate surface area is 99.1 Å². The Morgan fingerprint density at radius 3 is 1.93 bits per heavy atom. The number of hydrogen-bond donors (Lipinski definition) is 0. The fourth-order valence-electron chi connectivity index (χ4n) is 0.928. The van der Waals surface area contributed by atoms with Gasteiger partial charge in [0.25, 0.3) is 0 Å². The molecule has 14 heavy (non-hydrogen) atoms. The first-order chi connectivity index (χ1) is 6.24. The van der Waals surface area contributed by atoms with E-state index in [1.165, 1.54) is 21.3 Å². The minimum Gasteiger partial charge on any atom is -0.536 e. The van der Waals surface area contributed by atoms with Gasteiger partial charge in [0.15, 0.2) is 0 Å². The molecular formula is C9H18BLiO3. The van der Waals surface area contributed by atoms with Crippen LogP contribution in [0.25, 0.3) is 0 Å². The van der Waals surface area contributed by atoms with Crippen molar-refractivity contribution in [2.24, 2.45) is 0 Å². The zero-order valence-electron chi connectivity index (χ0n) is 9.92. The fraction of sp³-hybridized carbons (Fsp3) is 0.778. The molecule has 0 unspecified atom stereocenters. The predicted molar refractivity (Wildman–Crippen MR) is 54.1 cm³/mol. The molecule has 0 aromatic carbocycles. The second-order valence-corrected chi connectivity index (χ2v) is 2.77. The van der Waals surface area contributed by atoms with Gasteiger partial charge >= 0.3 is 25.6 Å². The standard InChI is InChI=1S/C9H18BO3.Li/c1-5-6-7-8-9-10(11-2,12-3)13-4;/h5-7H2,1-4H3;/q-1;+1. The van der Waals surface area contributed by atoms with Crippen LogP contribution in [0.1, 0.15) is 26.2 Å². The van der Waals surface area contributed by atoms with Gasteiger partial charge in [-0.2, -0.15) is 0 Å². The smallest absolute Gasteiger partial charge is 0.536 e. The maximum atomic E-state index is 5.06. The molecule has 0 aliphatic carbocycles. The van der Waals surface area contributed by atoms with E-state index >= 15 is 0 Å². The summed E-state index contributed by atoms with van der Waals surface area (Å²) in [5.74, 6) is 5.85. The molecule has 0 N–H and O–H groups in total. The Balaban J connectivity index is 0. The summed E-state index contributed by atoms with van der Waals surface area (Å²) >= 11 is 0. The van der Waals surface area contributed by atoms with Crippen molar-refractivity contribution in [3.63, 3.8) is 0 Å². The van der Waals surface area contributed by atoms with Gasteiger partial charge < -0.3 is 14.0 Å². The van der Waals surface area contributed by atoms with Gasteiger partial charge in [-0.25, -0.2) is 5.82 Å². The van der Waals surface area contributed by atoms with Crippen LogP contribution in [0.4, 0.5) is 0 Å². The van der Waals surface area contributed by atoms with Gasteiger partial charge in [-0.05, 0) is 27.8 Å². The second kappa shape index (κ2) is 9.65. The van der Waals surface area contributed by atoms with E-state index < -0.39 is 6.75 Å². The summed E-state index contributed by atoms with van der Waals surface area (Å²) in [6.45, 7) is 0.292. The summed E-state index contributed by atoms with van der Waals surface area (Å²) in [5.41, 5.74) is 0. The predicted octanol–water partition coefficient (Wildman–Crippen LogP) is -1.40. The van der Waals surface area contributed by atoms with Crippen LogP contribution in [0.2, 0.25) is 0 Å². The molecule has 0 atom stereocenters. The molecule has 0 spiro atoms. The van der Waals surface area contributed by atoms with Crippen molar-refractivity contribution in [1.82, 2.24) is 0 Å². The Bertz CT molecular complexity index is 176. The zero-order chi connectivity index (χ0) is 10.2. The van der Waals surface area contributed by atoms with E-state index in [-0.39, 0.29) is 18.9 Å². The van der Waals surface area contributed by atoms with Crippen molar-refractivity contribution in [2.75, 3.05) is 21.3 Å². The molecule has 0 heterocycles. The van der Waals surface area contributed by atoms with Gasteiger partial charge in [0.2, 0.25) is 0 Å². The molecule has 0 radical (unpaired) electrons. The Morgan fingerprint density at radius 2 is 1.57 bits per heavy atom. The van der Waals surface area contributed by atoms with Crippen LogP contribution in [-0.4, -0.2) is 28.1 Å². The van der Waals surface area contributed by atoms with Crippen LogP contribution in [0.5, 0.6) is 0 Å². The van der Waals surface area contributed by atoms with E-state index in [1.807, 2.05) is 0 Å². The normalized spacial score (nSPS) is 10.0. The summed E-state index contributed by atoms with van der Waals surface area (Å²) in [5, 5.41) is 0. The van der Waals surface area contributed by atoms with Crippen molar-refractivity contribution in [1.29, 1.82) is 0 Å². The summed E-state index contributed by atoms with van der Waals surface area (Å²) in [7, 11) is 4.59. The molecule has 0 saturated heterocycles. The third kappa shape index (κ3) is 5.75. The first-order valence-electron chi connectivity index (χ1n) is 4.53. The Kier molecular flexibility index (Phi) is 11.4. The van der Waals surface area contributed by atoms with Gasteiger partial charge in [0, 0.05) is 6.42 Å². The molecule has 3 nitrogen and oxygen atoms in total. The molecule has 0 aromatic heterocycles. The second-order valence-electron chi connectivity index (χ2n) is 2.77. The molecule has 0 amide bonds. The van der Waals surface area contributed by atoms with Crippen LogP contribution < -0.4 is 18.9 Å². The van der Waals surface area contributed by atoms with E-state index in [2.05, 4.69) is 18.7 Å². The first kappa shape index (κ1) is 16.5. The fourth-order valence-corrected chi connectivity index (χ4v) is 0.928. The third-order valence-electron chi connectivity index (χ3n) is 1.87. The molecule has 0 saturated carbocycles. The molecule has 0 bridgehead atoms. The minimum atomic E-state index is -1.84. The van der Waals surface area contributed by atoms with Crippen molar-refractivity contribution in [3.05, 3.63) is 0 Å². The van der Waals surface area contributed by atoms with Gasteiger partial charge in [0.1, 0.15) is 0 Å². The van der Waals surface area contributed by atoms with Gasteiger partial charge in [-0.3, -0.25) is 0 Å². The molecule has 76 valence electrons. The monoisotopic (exact) mass is 192 g/mol. The number of hydrogen-bond acceptors (Lipinski definition) is 3. The van der Waals surface area contributed by atoms with E-state index in [1.54, 1.807) is 0 Å². The third-order valence-corrected chi connectivity index (χ3v) is 1.87. The molecule has 5 heteroatoms. The summed E-state index contributed by atoms with van der Waals surface area (Å²) < 4.78 is 15.2. The van der Waals surface area contributed by atoms with Gasteiger partial charge in [0.05, 0.1) is 0 Å². The first-order valence-corrected chi connectivity index (χ1v) is 4.53. The zero-order valence-corrected chi connectivity index (χ0v) is 9.92. The molecule has 0 aliphatic rings. The van der Waals surface area contributed by atoms with Gasteiger partial charge in [-0.1, -0.05) is 13.3 Å². The van der Waals surface area contributed by atoms with Crippen LogP contribution >= 0.6 is 0 Å². The quantitative estimate of drug-likeness (QED) is 0.304. The minimum absolute atomic E-state index is 0. The van der Waals surface area contributed by atoms with Crippen LogP contribution in [-0.2, 0) is 14.0 Å². The Morgan fingerprint density at radius 1 is 1.07 bits per heavy atom. The maximum Gasteiger partial charge on any atom is 1.00 e. The molecule has 0 aliphatic heterocycles. The maximum absolute atomic E-state index is 5.06. The average molecular weight is 192 g/mol. The topological polar surface area (TPSA) is 27.7 Å². The summed E-state index contributed by atoms with van der Waals surface area (Å²) in [6.07, 6.45) is 3.09. The number of rotatable bonds is 5. The van der Waals surface area contributed by atoms with Crippen molar-refractivity contribution in [2.45, 2.75) is 26.2 Å². The van der Waals surface area contributed by atoms with Crippen molar-refractivity contribution in [3.8, 4) is 11.7 Å². The van der Waals surface area contributed by atoms with E-state index in [0.29, 0.717) is 0 Å². The summed E-state index contributed by atoms with van der Waals surface area (Å²) in [6, 6.07) is 0. The Hall–Kier alpha value is 0.102. The van der Waals surface area contributed by atoms with Crippen molar-refractivity contribution >= 4 is 6.75 Å². The number of unbranched alkanes of at least 4 members (excludes halogenated alkanes) is 2. The average Bonchev–Trinajstić information content (AvgIpc) is 2.20. The van der Waals surface area contributed by atoms with Crippen LogP contribution in [0, 0.1) is 11.7 Å². The van der Waals surface area contributed by atoms with Crippen LogP contribution in [0.15, 0.2) is 0 Å². The van der Waals surface area contributed by atoms with Crippen molar-refractivity contribution < 1.29 is 32.8 Å². The van der Waals surface area contributed by atoms with Crippen LogP contribution in [0.3, 0.4) is 0 Å². The van der Waals surface area contributed by atoms with E-state index in [9.17, 15) is 0 Å². The molecule has 0 rings (SSSR count). The molecule has 0 aromatic rings. The largest absolute Gasteiger partial charge is 1.00 e. The van der Waals surface area contributed by atoms with E-state index in [4.69, 9.17) is 14.0 Å².